The SMILES string of the molecule is Cn1cncc1C(=Nc1ccc(Cl)cc1Cl)OCC(C)(C)C. The van der Waals surface area contributed by atoms with E-state index in [1.54, 1.807) is 30.7 Å². The number of hydrogen-bond acceptors (Lipinski definition) is 3. The quantitative estimate of drug-likeness (QED) is 0.591. The van der Waals surface area contributed by atoms with Gasteiger partial charge in [0, 0.05) is 12.1 Å². The Balaban J connectivity index is 2.39. The van der Waals surface area contributed by atoms with Crippen LogP contribution < -0.4 is 0 Å². The van der Waals surface area contributed by atoms with Crippen molar-refractivity contribution in [2.24, 2.45) is 17.5 Å². The number of aliphatic imine (C=N–C) groups is 1. The molecule has 2 aromatic rings. The molecule has 0 spiro atoms. The predicted octanol–water partition coefficient (Wildman–Crippen LogP) is 4.87. The first-order valence-corrected chi connectivity index (χ1v) is 7.65. The van der Waals surface area contributed by atoms with Gasteiger partial charge < -0.3 is 9.30 Å². The molecular weight excluding hydrogens is 321 g/mol. The summed E-state index contributed by atoms with van der Waals surface area (Å²) in [6, 6.07) is 5.17. The van der Waals surface area contributed by atoms with Gasteiger partial charge in [-0.25, -0.2) is 9.98 Å². The molecule has 0 unspecified atom stereocenters. The van der Waals surface area contributed by atoms with Crippen LogP contribution in [0.4, 0.5) is 5.69 Å². The standard InChI is InChI=1S/C16H19Cl2N3O/c1-16(2,3)9-22-15(14-8-19-10-21(14)4)20-13-6-5-11(17)7-12(13)18/h5-8,10H,9H2,1-4H3. The van der Waals surface area contributed by atoms with Crippen LogP contribution in [0.1, 0.15) is 26.5 Å². The molecule has 0 bridgehead atoms. The van der Waals surface area contributed by atoms with Crippen molar-refractivity contribution in [3.05, 3.63) is 46.5 Å². The highest BCUT2D eigenvalue weighted by molar-refractivity contribution is 6.36. The smallest absolute Gasteiger partial charge is 0.240 e. The first-order chi connectivity index (χ1) is 10.3. The lowest BCUT2D eigenvalue weighted by Crippen LogP contribution is -2.20. The van der Waals surface area contributed by atoms with Crippen molar-refractivity contribution in [1.82, 2.24) is 9.55 Å². The van der Waals surface area contributed by atoms with Gasteiger partial charge in [0.05, 0.1) is 29.8 Å². The van der Waals surface area contributed by atoms with Crippen molar-refractivity contribution in [3.8, 4) is 0 Å². The molecule has 118 valence electrons. The van der Waals surface area contributed by atoms with Crippen molar-refractivity contribution in [3.63, 3.8) is 0 Å². The number of aryl methyl sites for hydroxylation is 1. The van der Waals surface area contributed by atoms with Crippen molar-refractivity contribution in [2.75, 3.05) is 6.61 Å². The third-order valence-corrected chi connectivity index (χ3v) is 3.35. The maximum atomic E-state index is 6.20. The van der Waals surface area contributed by atoms with Crippen LogP contribution >= 0.6 is 23.2 Å². The number of ether oxygens (including phenoxy) is 1. The molecule has 1 aromatic heterocycles. The Morgan fingerprint density at radius 1 is 1.32 bits per heavy atom. The van der Waals surface area contributed by atoms with Gasteiger partial charge in [-0.15, -0.1) is 0 Å². The molecule has 0 N–H and O–H groups in total. The van der Waals surface area contributed by atoms with E-state index in [0.29, 0.717) is 28.2 Å². The highest BCUT2D eigenvalue weighted by Gasteiger charge is 2.16. The highest BCUT2D eigenvalue weighted by Crippen LogP contribution is 2.29. The molecule has 0 saturated carbocycles. The monoisotopic (exact) mass is 339 g/mol. The number of aromatic nitrogens is 2. The second kappa shape index (κ2) is 6.71. The molecule has 4 nitrogen and oxygen atoms in total. The highest BCUT2D eigenvalue weighted by atomic mass is 35.5. The van der Waals surface area contributed by atoms with E-state index in [1.807, 2.05) is 11.6 Å². The molecule has 0 radical (unpaired) electrons. The minimum absolute atomic E-state index is 0.0170. The van der Waals surface area contributed by atoms with Gasteiger partial charge in [-0.2, -0.15) is 0 Å². The normalized spacial score (nSPS) is 12.5. The summed E-state index contributed by atoms with van der Waals surface area (Å²) in [6.45, 7) is 6.83. The first kappa shape index (κ1) is 16.8. The van der Waals surface area contributed by atoms with Crippen LogP contribution in [0.5, 0.6) is 0 Å². The molecule has 0 atom stereocenters. The van der Waals surface area contributed by atoms with E-state index in [1.165, 1.54) is 0 Å². The molecule has 0 saturated heterocycles. The third kappa shape index (κ3) is 4.49. The minimum atomic E-state index is 0.0170. The number of benzene rings is 1. The molecule has 0 aliphatic heterocycles. The van der Waals surface area contributed by atoms with Crippen molar-refractivity contribution < 1.29 is 4.74 Å². The summed E-state index contributed by atoms with van der Waals surface area (Å²) in [5.41, 5.74) is 1.41. The van der Waals surface area contributed by atoms with Gasteiger partial charge >= 0.3 is 0 Å². The molecular formula is C16H19Cl2N3O. The Hall–Kier alpha value is -1.52. The van der Waals surface area contributed by atoms with Gasteiger partial charge in [0.2, 0.25) is 5.90 Å². The summed E-state index contributed by atoms with van der Waals surface area (Å²) < 4.78 is 7.77. The van der Waals surface area contributed by atoms with E-state index in [0.717, 1.165) is 5.69 Å². The fourth-order valence-electron chi connectivity index (χ4n) is 1.69. The third-order valence-electron chi connectivity index (χ3n) is 2.81. The zero-order valence-corrected chi connectivity index (χ0v) is 14.6. The molecule has 2 rings (SSSR count). The van der Waals surface area contributed by atoms with Crippen LogP contribution in [0.2, 0.25) is 10.0 Å². The Morgan fingerprint density at radius 3 is 2.59 bits per heavy atom. The number of nitrogens with zero attached hydrogens (tertiary/aromatic N) is 3. The number of halogens is 2. The molecule has 1 heterocycles. The van der Waals surface area contributed by atoms with E-state index in [-0.39, 0.29) is 5.41 Å². The van der Waals surface area contributed by atoms with Gasteiger partial charge in [0.25, 0.3) is 0 Å². The van der Waals surface area contributed by atoms with E-state index in [4.69, 9.17) is 27.9 Å². The van der Waals surface area contributed by atoms with Crippen LogP contribution in [0.15, 0.2) is 35.7 Å². The van der Waals surface area contributed by atoms with Gasteiger partial charge in [0.15, 0.2) is 0 Å². The van der Waals surface area contributed by atoms with Crippen LogP contribution in [0, 0.1) is 5.41 Å². The zero-order valence-electron chi connectivity index (χ0n) is 13.1. The average molecular weight is 340 g/mol. The topological polar surface area (TPSA) is 39.4 Å². The molecule has 0 aliphatic rings. The lowest BCUT2D eigenvalue weighted by molar-refractivity contribution is 0.187. The van der Waals surface area contributed by atoms with Crippen molar-refractivity contribution in [2.45, 2.75) is 20.8 Å². The zero-order chi connectivity index (χ0) is 16.3. The molecule has 6 heteroatoms. The molecule has 1 aromatic carbocycles. The number of hydrogen-bond donors (Lipinski definition) is 0. The lowest BCUT2D eigenvalue weighted by Gasteiger charge is -2.20. The molecule has 0 fully saturated rings. The second-order valence-electron chi connectivity index (χ2n) is 6.25. The van der Waals surface area contributed by atoms with Crippen LogP contribution in [0.3, 0.4) is 0 Å². The van der Waals surface area contributed by atoms with E-state index in [9.17, 15) is 0 Å². The lowest BCUT2D eigenvalue weighted by atomic mass is 9.99. The summed E-state index contributed by atoms with van der Waals surface area (Å²) in [5, 5.41) is 1.05. The van der Waals surface area contributed by atoms with E-state index < -0.39 is 0 Å². The number of imidazole rings is 1. The summed E-state index contributed by atoms with van der Waals surface area (Å²) >= 11 is 12.1. The summed E-state index contributed by atoms with van der Waals surface area (Å²) in [7, 11) is 1.89. The first-order valence-electron chi connectivity index (χ1n) is 6.89. The molecule has 22 heavy (non-hydrogen) atoms. The second-order valence-corrected chi connectivity index (χ2v) is 7.10. The van der Waals surface area contributed by atoms with Crippen molar-refractivity contribution >= 4 is 34.8 Å². The Kier molecular flexibility index (Phi) is 5.14. The van der Waals surface area contributed by atoms with Gasteiger partial charge in [-0.1, -0.05) is 44.0 Å². The van der Waals surface area contributed by atoms with Gasteiger partial charge in [-0.3, -0.25) is 0 Å². The van der Waals surface area contributed by atoms with Crippen molar-refractivity contribution in [1.29, 1.82) is 0 Å². The van der Waals surface area contributed by atoms with Gasteiger partial charge in [0.1, 0.15) is 5.69 Å². The molecule has 0 amide bonds. The van der Waals surface area contributed by atoms with Crippen LogP contribution in [-0.4, -0.2) is 22.1 Å². The summed E-state index contributed by atoms with van der Waals surface area (Å²) in [4.78, 5) is 8.66. The number of rotatable bonds is 3. The maximum Gasteiger partial charge on any atom is 0.240 e. The maximum absolute atomic E-state index is 6.20. The van der Waals surface area contributed by atoms with E-state index in [2.05, 4.69) is 30.7 Å². The average Bonchev–Trinajstić information content (AvgIpc) is 2.82. The van der Waals surface area contributed by atoms with Crippen LogP contribution in [-0.2, 0) is 11.8 Å². The van der Waals surface area contributed by atoms with E-state index >= 15 is 0 Å². The molecule has 0 aliphatic carbocycles. The Bertz CT molecular complexity index is 687. The fraction of sp³-hybridized carbons (Fsp3) is 0.375. The summed E-state index contributed by atoms with van der Waals surface area (Å²) in [6.07, 6.45) is 3.42. The summed E-state index contributed by atoms with van der Waals surface area (Å²) in [5.74, 6) is 0.485. The predicted molar refractivity (Wildman–Crippen MR) is 91.3 cm³/mol. The van der Waals surface area contributed by atoms with Crippen LogP contribution in [0.25, 0.3) is 0 Å². The minimum Gasteiger partial charge on any atom is -0.476 e. The Morgan fingerprint density at radius 2 is 2.05 bits per heavy atom. The fourth-order valence-corrected chi connectivity index (χ4v) is 2.14. The largest absolute Gasteiger partial charge is 0.476 e. The van der Waals surface area contributed by atoms with Gasteiger partial charge in [-0.05, 0) is 23.6 Å². The Labute approximate surface area is 140 Å².